The third-order valence-electron chi connectivity index (χ3n) is 6.85. The van der Waals surface area contributed by atoms with Crippen molar-refractivity contribution in [3.8, 4) is 5.75 Å². The zero-order valence-electron chi connectivity index (χ0n) is 20.8. The summed E-state index contributed by atoms with van der Waals surface area (Å²) < 4.78 is 33.2. The van der Waals surface area contributed by atoms with Crippen molar-refractivity contribution in [3.05, 3.63) is 57.6 Å². The van der Waals surface area contributed by atoms with Gasteiger partial charge in [-0.1, -0.05) is 42.5 Å². The minimum absolute atomic E-state index is 0.00676. The number of halogens is 2. The predicted octanol–water partition coefficient (Wildman–Crippen LogP) is 3.57. The Morgan fingerprint density at radius 3 is 2.55 bits per heavy atom. The number of benzene rings is 2. The van der Waals surface area contributed by atoms with E-state index in [1.54, 1.807) is 18.2 Å². The highest BCUT2D eigenvalue weighted by molar-refractivity contribution is 7.89. The van der Waals surface area contributed by atoms with Gasteiger partial charge in [0.2, 0.25) is 11.8 Å². The van der Waals surface area contributed by atoms with Crippen molar-refractivity contribution in [1.82, 2.24) is 14.9 Å². The van der Waals surface area contributed by atoms with Crippen LogP contribution in [0, 0.1) is 5.92 Å². The van der Waals surface area contributed by atoms with Crippen LogP contribution in [0.15, 0.2) is 41.3 Å². The van der Waals surface area contributed by atoms with Crippen LogP contribution in [-0.4, -0.2) is 56.7 Å². The van der Waals surface area contributed by atoms with Crippen LogP contribution in [0.2, 0.25) is 10.0 Å². The first-order valence-corrected chi connectivity index (χ1v) is 14.6. The van der Waals surface area contributed by atoms with Gasteiger partial charge in [-0.2, -0.15) is 0 Å². The molecule has 1 aliphatic carbocycles. The van der Waals surface area contributed by atoms with Crippen molar-refractivity contribution in [2.24, 2.45) is 5.92 Å². The molecule has 1 saturated carbocycles. The number of amides is 3. The molecule has 2 aliphatic rings. The summed E-state index contributed by atoms with van der Waals surface area (Å²) in [6.45, 7) is -0.744. The summed E-state index contributed by atoms with van der Waals surface area (Å²) in [7, 11) is -3.02. The quantitative estimate of drug-likeness (QED) is 0.515. The Morgan fingerprint density at radius 2 is 1.84 bits per heavy atom. The summed E-state index contributed by atoms with van der Waals surface area (Å²) in [5, 5.41) is 6.05. The van der Waals surface area contributed by atoms with E-state index >= 15 is 0 Å². The molecule has 3 amide bonds. The molecule has 38 heavy (non-hydrogen) atoms. The number of carbonyl (C=O) groups is 3. The number of ether oxygens (including phenoxy) is 1. The number of hydrogen-bond donors (Lipinski definition) is 2. The molecule has 1 aliphatic heterocycles. The van der Waals surface area contributed by atoms with Crippen molar-refractivity contribution in [2.75, 3.05) is 20.2 Å². The lowest BCUT2D eigenvalue weighted by Gasteiger charge is -2.24. The Hall–Kier alpha value is -2.82. The molecule has 9 nitrogen and oxygen atoms in total. The van der Waals surface area contributed by atoms with Gasteiger partial charge >= 0.3 is 0 Å². The van der Waals surface area contributed by atoms with E-state index in [-0.39, 0.29) is 34.5 Å². The maximum absolute atomic E-state index is 13.7. The largest absolute Gasteiger partial charge is 0.496 e. The van der Waals surface area contributed by atoms with E-state index in [4.69, 9.17) is 27.9 Å². The van der Waals surface area contributed by atoms with E-state index in [1.807, 2.05) is 0 Å². The number of sulfonamides is 1. The number of nitrogens with one attached hydrogen (secondary N) is 2. The first-order chi connectivity index (χ1) is 18.1. The topological polar surface area (TPSA) is 122 Å². The minimum atomic E-state index is -4.50. The van der Waals surface area contributed by atoms with Gasteiger partial charge in [-0.25, -0.2) is 12.7 Å². The lowest BCUT2D eigenvalue weighted by atomic mass is 9.95. The van der Waals surface area contributed by atoms with Gasteiger partial charge in [-0.05, 0) is 61.2 Å². The zero-order valence-corrected chi connectivity index (χ0v) is 23.2. The van der Waals surface area contributed by atoms with E-state index in [9.17, 15) is 22.8 Å². The van der Waals surface area contributed by atoms with Gasteiger partial charge in [0.1, 0.15) is 12.3 Å². The molecule has 2 aromatic rings. The monoisotopic (exact) mass is 581 g/mol. The second-order valence-electron chi connectivity index (χ2n) is 9.46. The Balaban J connectivity index is 1.62. The summed E-state index contributed by atoms with van der Waals surface area (Å²) in [6, 6.07) is 8.60. The standard InChI is InChI=1S/C26H29Cl2N3O6S/c1-37-23-10-7-18(27)12-16(23)11-17-14-29-24(32)15-31(26(17)34)38(35,36)20-8-9-22(28)21(13-20)25(33)30-19-5-3-2-4-6-19/h7-10,12-13,17,19H,2-6,11,14-15H2,1H3,(H,29,32)(H,30,33). The average Bonchev–Trinajstić information content (AvgIpc) is 3.03. The maximum Gasteiger partial charge on any atom is 0.267 e. The second-order valence-corrected chi connectivity index (χ2v) is 12.2. The van der Waals surface area contributed by atoms with Crippen LogP contribution in [0.25, 0.3) is 0 Å². The third kappa shape index (κ3) is 6.24. The Labute approximate surface area is 231 Å². The SMILES string of the molecule is COc1ccc(Cl)cc1CC1CNC(=O)CN(S(=O)(=O)c2ccc(Cl)c(C(=O)NC3CCCCC3)c2)C1=O. The molecule has 0 radical (unpaired) electrons. The summed E-state index contributed by atoms with van der Waals surface area (Å²) in [5.74, 6) is -2.27. The number of rotatable bonds is 7. The molecular weight excluding hydrogens is 553 g/mol. The number of methoxy groups -OCH3 is 1. The fourth-order valence-corrected chi connectivity index (χ4v) is 6.64. The van der Waals surface area contributed by atoms with Crippen molar-refractivity contribution in [1.29, 1.82) is 0 Å². The third-order valence-corrected chi connectivity index (χ3v) is 9.15. The van der Waals surface area contributed by atoms with Crippen molar-refractivity contribution in [3.63, 3.8) is 0 Å². The highest BCUT2D eigenvalue weighted by Gasteiger charge is 2.39. The van der Waals surface area contributed by atoms with Gasteiger partial charge in [0, 0.05) is 17.6 Å². The minimum Gasteiger partial charge on any atom is -0.496 e. The van der Waals surface area contributed by atoms with Gasteiger partial charge < -0.3 is 15.4 Å². The number of carbonyl (C=O) groups excluding carboxylic acids is 3. The van der Waals surface area contributed by atoms with Gasteiger partial charge in [0.05, 0.1) is 28.5 Å². The fraction of sp³-hybridized carbons (Fsp3) is 0.423. The highest BCUT2D eigenvalue weighted by atomic mass is 35.5. The van der Waals surface area contributed by atoms with Gasteiger partial charge in [0.15, 0.2) is 0 Å². The first kappa shape index (κ1) is 28.2. The molecule has 0 aromatic heterocycles. The Morgan fingerprint density at radius 1 is 1.11 bits per heavy atom. The molecule has 1 unspecified atom stereocenters. The fourth-order valence-electron chi connectivity index (χ4n) is 4.80. The number of nitrogens with zero attached hydrogens (tertiary/aromatic N) is 1. The summed E-state index contributed by atoms with van der Waals surface area (Å²) in [4.78, 5) is 38.6. The van der Waals surface area contributed by atoms with E-state index in [0.29, 0.717) is 20.6 Å². The lowest BCUT2D eigenvalue weighted by molar-refractivity contribution is -0.131. The van der Waals surface area contributed by atoms with Crippen molar-refractivity contribution < 1.29 is 27.5 Å². The van der Waals surface area contributed by atoms with Gasteiger partial charge in [-0.15, -0.1) is 0 Å². The molecular formula is C26H29Cl2N3O6S. The predicted molar refractivity (Wildman–Crippen MR) is 143 cm³/mol. The molecule has 0 bridgehead atoms. The van der Waals surface area contributed by atoms with Crippen LogP contribution in [-0.2, 0) is 26.0 Å². The summed E-state index contributed by atoms with van der Waals surface area (Å²) >= 11 is 12.4. The molecule has 2 aromatic carbocycles. The van der Waals surface area contributed by atoms with E-state index < -0.39 is 40.2 Å². The van der Waals surface area contributed by atoms with Crippen LogP contribution in [0.3, 0.4) is 0 Å². The molecule has 204 valence electrons. The van der Waals surface area contributed by atoms with Crippen molar-refractivity contribution >= 4 is 50.9 Å². The van der Waals surface area contributed by atoms with E-state index in [0.717, 1.165) is 38.2 Å². The normalized spacial score (nSPS) is 19.0. The van der Waals surface area contributed by atoms with Crippen LogP contribution in [0.1, 0.15) is 48.0 Å². The average molecular weight is 583 g/mol. The molecule has 0 spiro atoms. The highest BCUT2D eigenvalue weighted by Crippen LogP contribution is 2.29. The Bertz CT molecular complexity index is 1340. The van der Waals surface area contributed by atoms with Crippen LogP contribution in [0.4, 0.5) is 0 Å². The summed E-state index contributed by atoms with van der Waals surface area (Å²) in [6.07, 6.45) is 4.91. The number of hydrogen-bond acceptors (Lipinski definition) is 6. The first-order valence-electron chi connectivity index (χ1n) is 12.4. The molecule has 12 heteroatoms. The van der Waals surface area contributed by atoms with Crippen molar-refractivity contribution in [2.45, 2.75) is 49.5 Å². The summed E-state index contributed by atoms with van der Waals surface area (Å²) in [5.41, 5.74) is 0.588. The maximum atomic E-state index is 13.7. The van der Waals surface area contributed by atoms with E-state index in [1.165, 1.54) is 19.2 Å². The lowest BCUT2D eigenvalue weighted by Crippen LogP contribution is -2.42. The molecule has 4 rings (SSSR count). The van der Waals surface area contributed by atoms with Crippen LogP contribution >= 0.6 is 23.2 Å². The molecule has 1 saturated heterocycles. The molecule has 2 fully saturated rings. The smallest absolute Gasteiger partial charge is 0.267 e. The van der Waals surface area contributed by atoms with Crippen LogP contribution in [0.5, 0.6) is 5.75 Å². The van der Waals surface area contributed by atoms with Gasteiger partial charge in [-0.3, -0.25) is 14.4 Å². The zero-order chi connectivity index (χ0) is 27.4. The van der Waals surface area contributed by atoms with Crippen LogP contribution < -0.4 is 15.4 Å². The van der Waals surface area contributed by atoms with Gasteiger partial charge in [0.25, 0.3) is 15.9 Å². The molecule has 1 heterocycles. The molecule has 1 atom stereocenters. The molecule has 2 N–H and O–H groups in total. The Kier molecular flexibility index (Phi) is 8.85. The van der Waals surface area contributed by atoms with E-state index in [2.05, 4.69) is 10.6 Å². The second kappa shape index (κ2) is 11.9.